The second kappa shape index (κ2) is 5.64. The zero-order chi connectivity index (χ0) is 14.8. The summed E-state index contributed by atoms with van der Waals surface area (Å²) in [4.78, 5) is 6.98. The quantitative estimate of drug-likeness (QED) is 0.880. The van der Waals surface area contributed by atoms with E-state index < -0.39 is 0 Å². The van der Waals surface area contributed by atoms with Gasteiger partial charge >= 0.3 is 0 Å². The number of rotatable bonds is 3. The largest absolute Gasteiger partial charge is 0.497 e. The van der Waals surface area contributed by atoms with E-state index in [1.807, 2.05) is 31.2 Å². The Balaban J connectivity index is 1.90. The van der Waals surface area contributed by atoms with Crippen LogP contribution in [0, 0.1) is 6.92 Å². The summed E-state index contributed by atoms with van der Waals surface area (Å²) in [6, 6.07) is 10.1. The standard InChI is InChI=1S/C17H21N3O/c1-12-9-14(21-2)10-13(19-12)11-20-8-4-5-15-16(18)6-3-7-17(15)20/h3,6-7,9-10H,4-5,8,11,18H2,1-2H3. The number of ether oxygens (including phenoxy) is 1. The van der Waals surface area contributed by atoms with Crippen molar-refractivity contribution in [2.75, 3.05) is 24.3 Å². The lowest BCUT2D eigenvalue weighted by Gasteiger charge is -2.31. The van der Waals surface area contributed by atoms with Crippen LogP contribution in [0.1, 0.15) is 23.4 Å². The molecule has 0 aliphatic carbocycles. The van der Waals surface area contributed by atoms with Gasteiger partial charge in [-0.25, -0.2) is 0 Å². The average molecular weight is 283 g/mol. The molecule has 2 N–H and O–H groups in total. The van der Waals surface area contributed by atoms with E-state index in [1.165, 1.54) is 11.3 Å². The molecule has 0 spiro atoms. The molecule has 2 aromatic rings. The zero-order valence-corrected chi connectivity index (χ0v) is 12.6. The lowest BCUT2D eigenvalue weighted by Crippen LogP contribution is -2.29. The Morgan fingerprint density at radius 3 is 3.00 bits per heavy atom. The summed E-state index contributed by atoms with van der Waals surface area (Å²) in [5, 5.41) is 0. The van der Waals surface area contributed by atoms with Gasteiger partial charge in [0.1, 0.15) is 5.75 Å². The van der Waals surface area contributed by atoms with E-state index in [0.29, 0.717) is 0 Å². The Morgan fingerprint density at radius 2 is 2.19 bits per heavy atom. The number of fused-ring (bicyclic) bond motifs is 1. The number of hydrogen-bond donors (Lipinski definition) is 1. The number of aryl methyl sites for hydroxylation is 1. The number of nitrogen functional groups attached to an aromatic ring is 1. The average Bonchev–Trinajstić information content (AvgIpc) is 2.48. The van der Waals surface area contributed by atoms with E-state index in [0.717, 1.165) is 48.8 Å². The summed E-state index contributed by atoms with van der Waals surface area (Å²) in [5.41, 5.74) is 11.5. The number of anilines is 2. The topological polar surface area (TPSA) is 51.4 Å². The van der Waals surface area contributed by atoms with Crippen molar-refractivity contribution in [3.63, 3.8) is 0 Å². The lowest BCUT2D eigenvalue weighted by atomic mass is 9.99. The number of hydrogen-bond acceptors (Lipinski definition) is 4. The molecule has 0 atom stereocenters. The molecule has 0 bridgehead atoms. The Bertz CT molecular complexity index is 654. The van der Waals surface area contributed by atoms with E-state index in [2.05, 4.69) is 16.0 Å². The maximum atomic E-state index is 6.10. The van der Waals surface area contributed by atoms with Crippen molar-refractivity contribution in [3.05, 3.63) is 47.3 Å². The van der Waals surface area contributed by atoms with Crippen LogP contribution in [-0.4, -0.2) is 18.6 Å². The molecule has 1 aromatic heterocycles. The van der Waals surface area contributed by atoms with Gasteiger partial charge in [0.2, 0.25) is 0 Å². The van der Waals surface area contributed by atoms with Gasteiger partial charge in [-0.15, -0.1) is 0 Å². The molecule has 0 unspecified atom stereocenters. The minimum Gasteiger partial charge on any atom is -0.497 e. The van der Waals surface area contributed by atoms with Gasteiger partial charge in [0.05, 0.1) is 19.3 Å². The van der Waals surface area contributed by atoms with Crippen LogP contribution < -0.4 is 15.4 Å². The normalized spacial score (nSPS) is 13.9. The fourth-order valence-electron chi connectivity index (χ4n) is 2.99. The van der Waals surface area contributed by atoms with Crippen LogP contribution in [0.5, 0.6) is 5.75 Å². The number of methoxy groups -OCH3 is 1. The van der Waals surface area contributed by atoms with Gasteiger partial charge in [0.25, 0.3) is 0 Å². The van der Waals surface area contributed by atoms with Crippen LogP contribution in [0.3, 0.4) is 0 Å². The van der Waals surface area contributed by atoms with Crippen LogP contribution in [-0.2, 0) is 13.0 Å². The second-order valence-electron chi connectivity index (χ2n) is 5.51. The number of aromatic nitrogens is 1. The second-order valence-corrected chi connectivity index (χ2v) is 5.51. The Morgan fingerprint density at radius 1 is 1.33 bits per heavy atom. The molecule has 1 aliphatic rings. The number of pyridine rings is 1. The highest BCUT2D eigenvalue weighted by Crippen LogP contribution is 2.32. The van der Waals surface area contributed by atoms with E-state index in [-0.39, 0.29) is 0 Å². The molecule has 1 aliphatic heterocycles. The Hall–Kier alpha value is -2.23. The highest BCUT2D eigenvalue weighted by atomic mass is 16.5. The molecule has 2 heterocycles. The van der Waals surface area contributed by atoms with Gasteiger partial charge in [0.15, 0.2) is 0 Å². The van der Waals surface area contributed by atoms with Crippen LogP contribution >= 0.6 is 0 Å². The number of benzene rings is 1. The predicted molar refractivity (Wildman–Crippen MR) is 85.8 cm³/mol. The summed E-state index contributed by atoms with van der Waals surface area (Å²) in [6.07, 6.45) is 2.19. The molecular weight excluding hydrogens is 262 g/mol. The monoisotopic (exact) mass is 283 g/mol. The van der Waals surface area contributed by atoms with Gasteiger partial charge in [-0.3, -0.25) is 4.98 Å². The van der Waals surface area contributed by atoms with Gasteiger partial charge in [-0.2, -0.15) is 0 Å². The maximum absolute atomic E-state index is 6.10. The first-order chi connectivity index (χ1) is 10.2. The van der Waals surface area contributed by atoms with Gasteiger partial charge in [-0.1, -0.05) is 6.07 Å². The van der Waals surface area contributed by atoms with Crippen molar-refractivity contribution in [1.29, 1.82) is 0 Å². The first-order valence-electron chi connectivity index (χ1n) is 7.31. The van der Waals surface area contributed by atoms with E-state index >= 15 is 0 Å². The fraction of sp³-hybridized carbons (Fsp3) is 0.353. The molecule has 4 nitrogen and oxygen atoms in total. The van der Waals surface area contributed by atoms with Crippen LogP contribution in [0.4, 0.5) is 11.4 Å². The zero-order valence-electron chi connectivity index (χ0n) is 12.6. The molecule has 0 radical (unpaired) electrons. The molecule has 110 valence electrons. The van der Waals surface area contributed by atoms with Gasteiger partial charge in [0, 0.05) is 35.7 Å². The van der Waals surface area contributed by atoms with Crippen LogP contribution in [0.15, 0.2) is 30.3 Å². The highest BCUT2D eigenvalue weighted by molar-refractivity contribution is 5.66. The number of nitrogens with two attached hydrogens (primary N) is 1. The first kappa shape index (κ1) is 13.7. The summed E-state index contributed by atoms with van der Waals surface area (Å²) in [6.45, 7) is 3.82. The molecule has 1 aromatic carbocycles. The third-order valence-electron chi connectivity index (χ3n) is 3.95. The minimum atomic E-state index is 0.786. The van der Waals surface area contributed by atoms with E-state index in [4.69, 9.17) is 10.5 Å². The molecule has 0 saturated carbocycles. The predicted octanol–water partition coefficient (Wildman–Crippen LogP) is 2.93. The summed E-state index contributed by atoms with van der Waals surface area (Å²) in [7, 11) is 1.69. The molecule has 0 fully saturated rings. The van der Waals surface area contributed by atoms with E-state index in [1.54, 1.807) is 7.11 Å². The molecule has 4 heteroatoms. The van der Waals surface area contributed by atoms with Crippen molar-refractivity contribution in [2.45, 2.75) is 26.3 Å². The van der Waals surface area contributed by atoms with Crippen molar-refractivity contribution < 1.29 is 4.74 Å². The summed E-state index contributed by atoms with van der Waals surface area (Å²) in [5.74, 6) is 0.863. The smallest absolute Gasteiger partial charge is 0.122 e. The van der Waals surface area contributed by atoms with Gasteiger partial charge < -0.3 is 15.4 Å². The fourth-order valence-corrected chi connectivity index (χ4v) is 2.99. The van der Waals surface area contributed by atoms with E-state index in [9.17, 15) is 0 Å². The van der Waals surface area contributed by atoms with Crippen molar-refractivity contribution in [3.8, 4) is 5.75 Å². The molecule has 3 rings (SSSR count). The Kier molecular flexibility index (Phi) is 3.69. The lowest BCUT2D eigenvalue weighted by molar-refractivity contribution is 0.413. The SMILES string of the molecule is COc1cc(C)nc(CN2CCCc3c(N)cccc32)c1. The van der Waals surface area contributed by atoms with Crippen molar-refractivity contribution >= 4 is 11.4 Å². The summed E-state index contributed by atoms with van der Waals surface area (Å²) < 4.78 is 5.33. The molecule has 21 heavy (non-hydrogen) atoms. The Labute approximate surface area is 125 Å². The highest BCUT2D eigenvalue weighted by Gasteiger charge is 2.19. The van der Waals surface area contributed by atoms with Crippen LogP contribution in [0.2, 0.25) is 0 Å². The first-order valence-corrected chi connectivity index (χ1v) is 7.31. The van der Waals surface area contributed by atoms with Crippen molar-refractivity contribution in [1.82, 2.24) is 4.98 Å². The molecule has 0 saturated heterocycles. The molecular formula is C17H21N3O. The maximum Gasteiger partial charge on any atom is 0.122 e. The van der Waals surface area contributed by atoms with Crippen molar-refractivity contribution in [2.24, 2.45) is 0 Å². The van der Waals surface area contributed by atoms with Gasteiger partial charge in [-0.05, 0) is 37.5 Å². The van der Waals surface area contributed by atoms with Crippen LogP contribution in [0.25, 0.3) is 0 Å². The number of nitrogens with zero attached hydrogens (tertiary/aromatic N) is 2. The minimum absolute atomic E-state index is 0.786. The third-order valence-corrected chi connectivity index (χ3v) is 3.95. The summed E-state index contributed by atoms with van der Waals surface area (Å²) >= 11 is 0. The molecule has 0 amide bonds. The third kappa shape index (κ3) is 2.79.